The Morgan fingerprint density at radius 1 is 0.923 bits per heavy atom. The number of hydrogen-bond acceptors (Lipinski definition) is 4. The minimum Gasteiger partial charge on any atom is -0.372 e. The molecule has 3 aliphatic rings. The zero-order chi connectivity index (χ0) is 17.8. The van der Waals surface area contributed by atoms with E-state index in [-0.39, 0.29) is 5.91 Å². The van der Waals surface area contributed by atoms with Crippen molar-refractivity contribution in [1.29, 1.82) is 0 Å². The second-order valence-corrected chi connectivity index (χ2v) is 8.06. The zero-order valence-electron chi connectivity index (χ0n) is 15.8. The molecular weight excluding hydrogens is 324 g/mol. The molecule has 0 aromatic heterocycles. The van der Waals surface area contributed by atoms with E-state index in [1.807, 2.05) is 12.1 Å². The van der Waals surface area contributed by atoms with Gasteiger partial charge in [-0.05, 0) is 75.9 Å². The Hall–Kier alpha value is -1.59. The second kappa shape index (κ2) is 8.40. The lowest BCUT2D eigenvalue weighted by molar-refractivity contribution is -0.117. The molecule has 142 valence electrons. The molecule has 3 saturated heterocycles. The first kappa shape index (κ1) is 17.8. The molecule has 4 rings (SSSR count). The Labute approximate surface area is 157 Å². The fraction of sp³-hybridized carbons (Fsp3) is 0.667. The molecule has 0 bridgehead atoms. The van der Waals surface area contributed by atoms with Gasteiger partial charge in [-0.1, -0.05) is 0 Å². The average molecular weight is 357 g/mol. The largest absolute Gasteiger partial charge is 0.372 e. The summed E-state index contributed by atoms with van der Waals surface area (Å²) in [5, 5.41) is 3.07. The monoisotopic (exact) mass is 356 g/mol. The summed E-state index contributed by atoms with van der Waals surface area (Å²) in [6.45, 7) is 7.39. The van der Waals surface area contributed by atoms with Crippen molar-refractivity contribution in [1.82, 2.24) is 9.80 Å². The molecular formula is C21H32N4O. The summed E-state index contributed by atoms with van der Waals surface area (Å²) in [4.78, 5) is 19.8. The molecule has 1 N–H and O–H groups in total. The van der Waals surface area contributed by atoms with E-state index in [1.54, 1.807) is 0 Å². The minimum absolute atomic E-state index is 0.109. The summed E-state index contributed by atoms with van der Waals surface area (Å²) >= 11 is 0. The number of likely N-dealkylation sites (tertiary alicyclic amines) is 2. The maximum absolute atomic E-state index is 12.4. The predicted octanol–water partition coefficient (Wildman–Crippen LogP) is 2.79. The van der Waals surface area contributed by atoms with Gasteiger partial charge in [0.25, 0.3) is 0 Å². The molecule has 3 fully saturated rings. The van der Waals surface area contributed by atoms with Gasteiger partial charge in [0.05, 0.1) is 6.54 Å². The van der Waals surface area contributed by atoms with Gasteiger partial charge in [0.15, 0.2) is 0 Å². The van der Waals surface area contributed by atoms with Gasteiger partial charge in [-0.2, -0.15) is 0 Å². The Morgan fingerprint density at radius 2 is 1.62 bits per heavy atom. The normalized spacial score (nSPS) is 24.9. The summed E-state index contributed by atoms with van der Waals surface area (Å²) in [6, 6.07) is 9.02. The number of amides is 1. The zero-order valence-corrected chi connectivity index (χ0v) is 15.8. The summed E-state index contributed by atoms with van der Waals surface area (Å²) < 4.78 is 0. The number of carbonyl (C=O) groups excluding carboxylic acids is 1. The first-order valence-corrected chi connectivity index (χ1v) is 10.4. The molecule has 5 heteroatoms. The maximum Gasteiger partial charge on any atom is 0.238 e. The lowest BCUT2D eigenvalue weighted by Crippen LogP contribution is -2.37. The van der Waals surface area contributed by atoms with Crippen molar-refractivity contribution in [3.05, 3.63) is 24.3 Å². The summed E-state index contributed by atoms with van der Waals surface area (Å²) in [7, 11) is 0. The first-order chi connectivity index (χ1) is 12.8. The van der Waals surface area contributed by atoms with Gasteiger partial charge >= 0.3 is 0 Å². The highest BCUT2D eigenvalue weighted by molar-refractivity contribution is 5.92. The Kier molecular flexibility index (Phi) is 5.75. The number of piperidine rings is 1. The molecule has 1 amide bonds. The smallest absolute Gasteiger partial charge is 0.238 e. The highest BCUT2D eigenvalue weighted by atomic mass is 16.2. The van der Waals surface area contributed by atoms with Crippen LogP contribution in [0.1, 0.15) is 38.5 Å². The molecule has 1 aromatic rings. The summed E-state index contributed by atoms with van der Waals surface area (Å²) in [5.74, 6) is 0.109. The van der Waals surface area contributed by atoms with E-state index in [0.29, 0.717) is 12.6 Å². The van der Waals surface area contributed by atoms with Crippen LogP contribution in [-0.4, -0.2) is 67.6 Å². The molecule has 0 aliphatic carbocycles. The van der Waals surface area contributed by atoms with Gasteiger partial charge in [-0.15, -0.1) is 0 Å². The van der Waals surface area contributed by atoms with Crippen molar-refractivity contribution in [2.45, 2.75) is 44.6 Å². The number of carbonyl (C=O) groups is 1. The van der Waals surface area contributed by atoms with Crippen molar-refractivity contribution in [3.63, 3.8) is 0 Å². The first-order valence-electron chi connectivity index (χ1n) is 10.4. The molecule has 26 heavy (non-hydrogen) atoms. The van der Waals surface area contributed by atoms with Crippen LogP contribution in [0.4, 0.5) is 11.4 Å². The van der Waals surface area contributed by atoms with Gasteiger partial charge in [0.1, 0.15) is 0 Å². The fourth-order valence-electron chi connectivity index (χ4n) is 4.67. The van der Waals surface area contributed by atoms with Gasteiger partial charge in [0.2, 0.25) is 5.91 Å². The standard InChI is InChI=1S/C21H32N4O/c26-21(17-23-15-10-20(16-23)25-13-4-5-14-25)22-18-6-8-19(9-7-18)24-11-2-1-3-12-24/h6-9,20H,1-5,10-17H2,(H,22,26). The predicted molar refractivity (Wildman–Crippen MR) is 107 cm³/mol. The van der Waals surface area contributed by atoms with E-state index in [1.165, 1.54) is 57.3 Å². The highest BCUT2D eigenvalue weighted by Gasteiger charge is 2.29. The SMILES string of the molecule is O=C(CN1CCC(N2CCCC2)C1)Nc1ccc(N2CCCCC2)cc1. The van der Waals surface area contributed by atoms with Crippen LogP contribution in [0.5, 0.6) is 0 Å². The lowest BCUT2D eigenvalue weighted by atomic mass is 10.1. The van der Waals surface area contributed by atoms with Crippen LogP contribution in [0.2, 0.25) is 0 Å². The van der Waals surface area contributed by atoms with Crippen molar-refractivity contribution in [2.24, 2.45) is 0 Å². The van der Waals surface area contributed by atoms with Crippen LogP contribution in [0, 0.1) is 0 Å². The number of anilines is 2. The van der Waals surface area contributed by atoms with Crippen molar-refractivity contribution >= 4 is 17.3 Å². The molecule has 0 radical (unpaired) electrons. The van der Waals surface area contributed by atoms with Gasteiger partial charge < -0.3 is 10.2 Å². The van der Waals surface area contributed by atoms with E-state index in [9.17, 15) is 4.79 Å². The number of benzene rings is 1. The van der Waals surface area contributed by atoms with Crippen LogP contribution < -0.4 is 10.2 Å². The van der Waals surface area contributed by atoms with Crippen LogP contribution in [0.15, 0.2) is 24.3 Å². The Morgan fingerprint density at radius 3 is 2.35 bits per heavy atom. The third-order valence-corrected chi connectivity index (χ3v) is 6.14. The average Bonchev–Trinajstić information content (AvgIpc) is 3.35. The molecule has 0 spiro atoms. The third-order valence-electron chi connectivity index (χ3n) is 6.14. The van der Waals surface area contributed by atoms with E-state index in [2.05, 4.69) is 32.1 Å². The summed E-state index contributed by atoms with van der Waals surface area (Å²) in [5.41, 5.74) is 2.18. The number of nitrogens with zero attached hydrogens (tertiary/aromatic N) is 3. The number of rotatable bonds is 5. The molecule has 0 saturated carbocycles. The molecule has 1 atom stereocenters. The Balaban J connectivity index is 1.24. The van der Waals surface area contributed by atoms with E-state index in [4.69, 9.17) is 0 Å². The van der Waals surface area contributed by atoms with Gasteiger partial charge in [0, 0.05) is 43.6 Å². The summed E-state index contributed by atoms with van der Waals surface area (Å²) in [6.07, 6.45) is 7.80. The molecule has 1 unspecified atom stereocenters. The number of nitrogens with one attached hydrogen (secondary N) is 1. The van der Waals surface area contributed by atoms with Crippen molar-refractivity contribution in [2.75, 3.05) is 56.0 Å². The third kappa shape index (κ3) is 4.38. The maximum atomic E-state index is 12.4. The van der Waals surface area contributed by atoms with Gasteiger partial charge in [-0.25, -0.2) is 0 Å². The molecule has 3 aliphatic heterocycles. The van der Waals surface area contributed by atoms with Crippen molar-refractivity contribution < 1.29 is 4.79 Å². The van der Waals surface area contributed by atoms with Crippen molar-refractivity contribution in [3.8, 4) is 0 Å². The van der Waals surface area contributed by atoms with Crippen LogP contribution >= 0.6 is 0 Å². The minimum atomic E-state index is 0.109. The van der Waals surface area contributed by atoms with Crippen LogP contribution in [-0.2, 0) is 4.79 Å². The number of hydrogen-bond donors (Lipinski definition) is 1. The van der Waals surface area contributed by atoms with E-state index < -0.39 is 0 Å². The lowest BCUT2D eigenvalue weighted by Gasteiger charge is -2.28. The van der Waals surface area contributed by atoms with Gasteiger partial charge in [-0.3, -0.25) is 14.6 Å². The Bertz CT molecular complexity index is 591. The quantitative estimate of drug-likeness (QED) is 0.881. The second-order valence-electron chi connectivity index (χ2n) is 8.06. The van der Waals surface area contributed by atoms with Crippen LogP contribution in [0.25, 0.3) is 0 Å². The van der Waals surface area contributed by atoms with E-state index >= 15 is 0 Å². The molecule has 1 aromatic carbocycles. The highest BCUT2D eigenvalue weighted by Crippen LogP contribution is 2.22. The van der Waals surface area contributed by atoms with Crippen LogP contribution in [0.3, 0.4) is 0 Å². The fourth-order valence-corrected chi connectivity index (χ4v) is 4.67. The topological polar surface area (TPSA) is 38.8 Å². The van der Waals surface area contributed by atoms with E-state index in [0.717, 1.165) is 31.9 Å². The molecule has 5 nitrogen and oxygen atoms in total. The molecule has 3 heterocycles.